The summed E-state index contributed by atoms with van der Waals surface area (Å²) in [4.78, 5) is 0. The van der Waals surface area contributed by atoms with Crippen molar-refractivity contribution in [2.75, 3.05) is 0 Å². The molecule has 1 radical (unpaired) electrons. The largest absolute Gasteiger partial charge is 0.569 e. The second kappa shape index (κ2) is 6.17. The second-order valence-electron chi connectivity index (χ2n) is 6.16. The molecule has 0 bridgehead atoms. The zero-order chi connectivity index (χ0) is 17.5. The van der Waals surface area contributed by atoms with Crippen LogP contribution in [-0.2, 0) is 0 Å². The topological polar surface area (TPSA) is 29.5 Å². The molecular formula is C22H14BO2S. The Labute approximate surface area is 155 Å². The van der Waals surface area contributed by atoms with Gasteiger partial charge in [-0.1, -0.05) is 66.7 Å². The summed E-state index contributed by atoms with van der Waals surface area (Å²) >= 11 is 1.69. The third kappa shape index (κ3) is 2.31. The maximum atomic E-state index is 9.06. The maximum absolute atomic E-state index is 9.06. The molecule has 0 fully saturated rings. The van der Waals surface area contributed by atoms with Gasteiger partial charge < -0.3 is 9.68 Å². The minimum atomic E-state index is 0.676. The Morgan fingerprint density at radius 1 is 0.731 bits per heavy atom. The van der Waals surface area contributed by atoms with Gasteiger partial charge in [0.25, 0.3) is 0 Å². The van der Waals surface area contributed by atoms with E-state index in [1.165, 1.54) is 32.0 Å². The smallest absolute Gasteiger partial charge is 0.536 e. The third-order valence-electron chi connectivity index (χ3n) is 4.75. The summed E-state index contributed by atoms with van der Waals surface area (Å²) in [6.07, 6.45) is 0. The predicted molar refractivity (Wildman–Crippen MR) is 111 cm³/mol. The summed E-state index contributed by atoms with van der Waals surface area (Å²) in [5, 5.41) is 13.9. The first-order valence-corrected chi connectivity index (χ1v) is 9.23. The molecule has 0 atom stereocenters. The molecule has 1 N–H and O–H groups in total. The SMILES string of the molecule is O[B]Oc1cccc2c1sc1cccc(-c3cccc4ccccc34)c12. The van der Waals surface area contributed by atoms with Crippen LogP contribution in [0.1, 0.15) is 0 Å². The molecule has 0 aliphatic heterocycles. The predicted octanol–water partition coefficient (Wildman–Crippen LogP) is 5.78. The van der Waals surface area contributed by atoms with Crippen LogP contribution in [0, 0.1) is 0 Å². The van der Waals surface area contributed by atoms with Crippen molar-refractivity contribution in [2.24, 2.45) is 0 Å². The Morgan fingerprint density at radius 3 is 2.38 bits per heavy atom. The second-order valence-corrected chi connectivity index (χ2v) is 7.22. The van der Waals surface area contributed by atoms with Crippen molar-refractivity contribution in [1.82, 2.24) is 0 Å². The van der Waals surface area contributed by atoms with Gasteiger partial charge in [-0.25, -0.2) is 0 Å². The molecule has 0 saturated heterocycles. The fourth-order valence-corrected chi connectivity index (χ4v) is 4.84. The van der Waals surface area contributed by atoms with Crippen LogP contribution < -0.4 is 4.65 Å². The highest BCUT2D eigenvalue weighted by Gasteiger charge is 2.15. The van der Waals surface area contributed by atoms with E-state index in [4.69, 9.17) is 9.68 Å². The Kier molecular flexibility index (Phi) is 3.66. The first kappa shape index (κ1) is 15.4. The van der Waals surface area contributed by atoms with Gasteiger partial charge in [0.1, 0.15) is 5.75 Å². The lowest BCUT2D eigenvalue weighted by atomic mass is 9.95. The number of hydrogen-bond donors (Lipinski definition) is 1. The van der Waals surface area contributed by atoms with E-state index in [-0.39, 0.29) is 0 Å². The number of benzene rings is 4. The maximum Gasteiger partial charge on any atom is 0.569 e. The quantitative estimate of drug-likeness (QED) is 0.417. The van der Waals surface area contributed by atoms with Crippen molar-refractivity contribution >= 4 is 50.0 Å². The summed E-state index contributed by atoms with van der Waals surface area (Å²) in [5.74, 6) is 0.676. The zero-order valence-corrected chi connectivity index (χ0v) is 14.7. The lowest BCUT2D eigenvalue weighted by Gasteiger charge is -2.09. The minimum absolute atomic E-state index is 0.676. The summed E-state index contributed by atoms with van der Waals surface area (Å²) < 4.78 is 7.56. The third-order valence-corrected chi connectivity index (χ3v) is 5.93. The molecule has 123 valence electrons. The Morgan fingerprint density at radius 2 is 1.46 bits per heavy atom. The number of hydrogen-bond acceptors (Lipinski definition) is 3. The van der Waals surface area contributed by atoms with Crippen LogP contribution in [0.5, 0.6) is 5.75 Å². The molecule has 4 aromatic carbocycles. The van der Waals surface area contributed by atoms with Gasteiger partial charge in [-0.15, -0.1) is 11.3 Å². The molecule has 0 saturated carbocycles. The average Bonchev–Trinajstić information content (AvgIpc) is 3.08. The van der Waals surface area contributed by atoms with E-state index in [0.717, 1.165) is 17.8 Å². The lowest BCUT2D eigenvalue weighted by Crippen LogP contribution is -1.99. The lowest BCUT2D eigenvalue weighted by molar-refractivity contribution is 0.457. The number of fused-ring (bicyclic) bond motifs is 4. The van der Waals surface area contributed by atoms with Crippen molar-refractivity contribution < 1.29 is 9.68 Å². The van der Waals surface area contributed by atoms with Gasteiger partial charge in [0, 0.05) is 15.5 Å². The van der Waals surface area contributed by atoms with Gasteiger partial charge in [-0.2, -0.15) is 0 Å². The summed E-state index contributed by atoms with van der Waals surface area (Å²) in [6, 6.07) is 27.3. The van der Waals surface area contributed by atoms with E-state index < -0.39 is 0 Å². The van der Waals surface area contributed by atoms with Crippen molar-refractivity contribution in [1.29, 1.82) is 0 Å². The molecule has 1 heterocycles. The number of thiophene rings is 1. The van der Waals surface area contributed by atoms with E-state index in [0.29, 0.717) is 5.75 Å². The van der Waals surface area contributed by atoms with Crippen molar-refractivity contribution in [3.63, 3.8) is 0 Å². The van der Waals surface area contributed by atoms with E-state index >= 15 is 0 Å². The van der Waals surface area contributed by atoms with Crippen molar-refractivity contribution in [3.05, 3.63) is 78.9 Å². The monoisotopic (exact) mass is 353 g/mol. The molecule has 5 aromatic rings. The molecule has 0 unspecified atom stereocenters. The molecule has 26 heavy (non-hydrogen) atoms. The minimum Gasteiger partial charge on any atom is -0.536 e. The highest BCUT2D eigenvalue weighted by atomic mass is 32.1. The van der Waals surface area contributed by atoms with Crippen LogP contribution >= 0.6 is 11.3 Å². The molecule has 0 aliphatic rings. The molecule has 0 aliphatic carbocycles. The van der Waals surface area contributed by atoms with Crippen molar-refractivity contribution in [2.45, 2.75) is 0 Å². The molecule has 2 nitrogen and oxygen atoms in total. The van der Waals surface area contributed by atoms with Crippen LogP contribution in [0.3, 0.4) is 0 Å². The van der Waals surface area contributed by atoms with E-state index in [9.17, 15) is 0 Å². The van der Waals surface area contributed by atoms with E-state index in [1.54, 1.807) is 11.3 Å². The molecule has 1 aromatic heterocycles. The van der Waals surface area contributed by atoms with Crippen LogP contribution in [0.4, 0.5) is 0 Å². The fraction of sp³-hybridized carbons (Fsp3) is 0. The van der Waals surface area contributed by atoms with Crippen LogP contribution in [0.15, 0.2) is 78.9 Å². The first-order chi connectivity index (χ1) is 12.9. The summed E-state index contributed by atoms with van der Waals surface area (Å²) in [5.41, 5.74) is 2.45. The van der Waals surface area contributed by atoms with Gasteiger partial charge in [0.15, 0.2) is 0 Å². The number of rotatable bonds is 3. The Hall–Kier alpha value is -2.82. The van der Waals surface area contributed by atoms with Crippen molar-refractivity contribution in [3.8, 4) is 16.9 Å². The highest BCUT2D eigenvalue weighted by molar-refractivity contribution is 7.26. The standard InChI is InChI=1S/C22H14BO2S/c24-23-25-19-12-4-11-18-21-17(10-5-13-20(21)26-22(18)19)16-9-3-7-14-6-1-2-8-15(14)16/h1-13,24H. The fourth-order valence-electron chi connectivity index (χ4n) is 3.66. The highest BCUT2D eigenvalue weighted by Crippen LogP contribution is 2.44. The molecule has 0 spiro atoms. The Balaban J connectivity index is 1.89. The Bertz CT molecular complexity index is 1250. The van der Waals surface area contributed by atoms with Crippen LogP contribution in [0.25, 0.3) is 42.1 Å². The first-order valence-electron chi connectivity index (χ1n) is 8.42. The molecular weight excluding hydrogens is 339 g/mol. The molecule has 0 amide bonds. The summed E-state index contributed by atoms with van der Waals surface area (Å²) in [7, 11) is 0.741. The van der Waals surface area contributed by atoms with E-state index in [1.807, 2.05) is 12.1 Å². The van der Waals surface area contributed by atoms with Gasteiger partial charge in [0.2, 0.25) is 0 Å². The van der Waals surface area contributed by atoms with Gasteiger partial charge in [0.05, 0.1) is 4.70 Å². The van der Waals surface area contributed by atoms with Gasteiger partial charge >= 0.3 is 7.69 Å². The van der Waals surface area contributed by atoms with Gasteiger partial charge in [-0.05, 0) is 34.0 Å². The molecule has 4 heteroatoms. The van der Waals surface area contributed by atoms with Crippen LogP contribution in [-0.4, -0.2) is 12.7 Å². The normalized spacial score (nSPS) is 11.3. The van der Waals surface area contributed by atoms with E-state index in [2.05, 4.69) is 66.7 Å². The summed E-state index contributed by atoms with van der Waals surface area (Å²) in [6.45, 7) is 0. The van der Waals surface area contributed by atoms with Crippen LogP contribution in [0.2, 0.25) is 0 Å². The molecule has 5 rings (SSSR count). The van der Waals surface area contributed by atoms with Gasteiger partial charge in [-0.3, -0.25) is 0 Å². The zero-order valence-electron chi connectivity index (χ0n) is 13.8. The average molecular weight is 353 g/mol.